The van der Waals surface area contributed by atoms with Gasteiger partial charge in [-0.05, 0) is 61.7 Å². The van der Waals surface area contributed by atoms with Crippen LogP contribution in [0.2, 0.25) is 0 Å². The molecule has 0 nitrogen and oxygen atoms in total. The van der Waals surface area contributed by atoms with Crippen LogP contribution in [0.1, 0.15) is 25.7 Å². The molecule has 0 unspecified atom stereocenters. The van der Waals surface area contributed by atoms with E-state index in [4.69, 9.17) is 0 Å². The molecule has 1 heteroatoms. The topological polar surface area (TPSA) is 0 Å². The molecule has 27 heavy (non-hydrogen) atoms. The van der Waals surface area contributed by atoms with Gasteiger partial charge in [0.15, 0.2) is 0 Å². The van der Waals surface area contributed by atoms with E-state index < -0.39 is 7.26 Å². The van der Waals surface area contributed by atoms with Crippen LogP contribution in [0.5, 0.6) is 0 Å². The second kappa shape index (κ2) is 8.51. The molecule has 0 amide bonds. The van der Waals surface area contributed by atoms with Gasteiger partial charge in [0, 0.05) is 6.42 Å². The zero-order chi connectivity index (χ0) is 18.4. The van der Waals surface area contributed by atoms with E-state index in [0.717, 1.165) is 25.7 Å². The summed E-state index contributed by atoms with van der Waals surface area (Å²) in [4.78, 5) is 0. The highest BCUT2D eigenvalue weighted by molar-refractivity contribution is 7.99. The summed E-state index contributed by atoms with van der Waals surface area (Å²) in [7, 11) is -1.85. The van der Waals surface area contributed by atoms with Gasteiger partial charge in [-0.3, -0.25) is 0 Å². The highest BCUT2D eigenvalue weighted by Gasteiger charge is 2.48. The van der Waals surface area contributed by atoms with Crippen LogP contribution in [0.15, 0.2) is 115 Å². The van der Waals surface area contributed by atoms with Gasteiger partial charge in [-0.15, -0.1) is 0 Å². The Balaban J connectivity index is 2.03. The molecule has 0 N–H and O–H groups in total. The molecule has 1 aliphatic rings. The Bertz CT molecular complexity index is 812. The van der Waals surface area contributed by atoms with E-state index in [1.54, 1.807) is 5.31 Å². The van der Waals surface area contributed by atoms with Gasteiger partial charge in [0.05, 0.1) is 5.31 Å². The highest BCUT2D eigenvalue weighted by Crippen LogP contribution is 2.64. The predicted octanol–water partition coefficient (Wildman–Crippen LogP) is 5.99. The fourth-order valence-electron chi connectivity index (χ4n) is 4.12. The van der Waals surface area contributed by atoms with Crippen LogP contribution < -0.4 is 15.9 Å². The first-order chi connectivity index (χ1) is 13.4. The molecular weight excluding hydrogens is 343 g/mol. The van der Waals surface area contributed by atoms with Gasteiger partial charge in [-0.25, -0.2) is 0 Å². The average molecular weight is 369 g/mol. The van der Waals surface area contributed by atoms with Crippen molar-refractivity contribution in [3.8, 4) is 0 Å². The monoisotopic (exact) mass is 369 g/mol. The Labute approximate surface area is 163 Å². The third-order valence-corrected chi connectivity index (χ3v) is 9.79. The quantitative estimate of drug-likeness (QED) is 0.391. The van der Waals surface area contributed by atoms with Crippen molar-refractivity contribution in [2.24, 2.45) is 0 Å². The Hall–Kier alpha value is -2.43. The molecule has 1 aliphatic carbocycles. The zero-order valence-electron chi connectivity index (χ0n) is 15.7. The molecule has 0 atom stereocenters. The van der Waals surface area contributed by atoms with Crippen molar-refractivity contribution < 1.29 is 0 Å². The van der Waals surface area contributed by atoms with E-state index in [2.05, 4.69) is 109 Å². The minimum atomic E-state index is -1.85. The Morgan fingerprint density at radius 3 is 1.41 bits per heavy atom. The minimum absolute atomic E-state index is 1.13. The number of hydrogen-bond acceptors (Lipinski definition) is 0. The third-order valence-electron chi connectivity index (χ3n) is 5.31. The van der Waals surface area contributed by atoms with Gasteiger partial charge in [0.1, 0.15) is 23.2 Å². The Morgan fingerprint density at radius 1 is 0.481 bits per heavy atom. The molecule has 4 rings (SSSR count). The summed E-state index contributed by atoms with van der Waals surface area (Å²) in [5.74, 6) is 0. The standard InChI is InChI=1S/C26H26P/c1-2-7-15-23(16-8-3-1)27(24-17-9-4-10-18-24,25-19-11-5-12-20-25)26-21-13-6-14-22-26/h1-2,4-6,9-14,16-22H,3,7-8,15H2/q+1. The molecule has 3 aromatic rings. The summed E-state index contributed by atoms with van der Waals surface area (Å²) in [6.07, 6.45) is 11.8. The van der Waals surface area contributed by atoms with Crippen LogP contribution in [0.4, 0.5) is 0 Å². The van der Waals surface area contributed by atoms with Gasteiger partial charge in [0.2, 0.25) is 0 Å². The van der Waals surface area contributed by atoms with Crippen LogP contribution in [0.3, 0.4) is 0 Å². The van der Waals surface area contributed by atoms with Crippen molar-refractivity contribution in [3.63, 3.8) is 0 Å². The van der Waals surface area contributed by atoms with Gasteiger partial charge >= 0.3 is 0 Å². The summed E-state index contributed by atoms with van der Waals surface area (Å²) in [6, 6.07) is 33.6. The van der Waals surface area contributed by atoms with Crippen molar-refractivity contribution in [3.05, 3.63) is 115 Å². The lowest BCUT2D eigenvalue weighted by Gasteiger charge is -2.30. The summed E-state index contributed by atoms with van der Waals surface area (Å²) >= 11 is 0. The number of hydrogen-bond donors (Lipinski definition) is 0. The molecule has 0 fully saturated rings. The molecule has 134 valence electrons. The number of rotatable bonds is 4. The fourth-order valence-corrected chi connectivity index (χ4v) is 8.73. The largest absolute Gasteiger partial charge is 0.139 e. The second-order valence-corrected chi connectivity index (χ2v) is 10.4. The van der Waals surface area contributed by atoms with E-state index >= 15 is 0 Å². The first-order valence-corrected chi connectivity index (χ1v) is 11.6. The van der Waals surface area contributed by atoms with Crippen molar-refractivity contribution in [2.45, 2.75) is 25.7 Å². The van der Waals surface area contributed by atoms with Gasteiger partial charge in [-0.2, -0.15) is 0 Å². The molecule has 3 aromatic carbocycles. The lowest BCUT2D eigenvalue weighted by atomic mass is 10.1. The van der Waals surface area contributed by atoms with Crippen LogP contribution in [0.25, 0.3) is 0 Å². The second-order valence-electron chi connectivity index (χ2n) is 6.96. The van der Waals surface area contributed by atoms with E-state index in [1.165, 1.54) is 15.9 Å². The SMILES string of the molecule is C1=CCCC([P+](c2ccccc2)(c2ccccc2)c2ccccc2)=CCC1. The summed E-state index contributed by atoms with van der Waals surface area (Å²) in [6.45, 7) is 0. The predicted molar refractivity (Wildman–Crippen MR) is 121 cm³/mol. The van der Waals surface area contributed by atoms with E-state index in [9.17, 15) is 0 Å². The summed E-state index contributed by atoms with van der Waals surface area (Å²) < 4.78 is 0. The molecule has 0 aliphatic heterocycles. The van der Waals surface area contributed by atoms with Gasteiger partial charge in [-0.1, -0.05) is 66.7 Å². The number of allylic oxidation sites excluding steroid dienone is 4. The van der Waals surface area contributed by atoms with Crippen molar-refractivity contribution in [2.75, 3.05) is 0 Å². The third kappa shape index (κ3) is 3.55. The van der Waals surface area contributed by atoms with Crippen molar-refractivity contribution >= 4 is 23.2 Å². The van der Waals surface area contributed by atoms with Crippen LogP contribution in [-0.4, -0.2) is 0 Å². The number of benzene rings is 3. The smallest absolute Gasteiger partial charge is 0.0882 e. The molecular formula is C26H26P+. The van der Waals surface area contributed by atoms with Gasteiger partial charge in [0.25, 0.3) is 0 Å². The molecule has 0 heterocycles. The normalized spacial score (nSPS) is 14.9. The maximum absolute atomic E-state index is 2.55. The Morgan fingerprint density at radius 2 is 0.926 bits per heavy atom. The molecule has 0 saturated carbocycles. The van der Waals surface area contributed by atoms with E-state index in [0.29, 0.717) is 0 Å². The highest BCUT2D eigenvalue weighted by atomic mass is 31.2. The minimum Gasteiger partial charge on any atom is -0.0882 e. The zero-order valence-corrected chi connectivity index (χ0v) is 16.6. The first kappa shape index (κ1) is 18.0. The van der Waals surface area contributed by atoms with Crippen LogP contribution in [0, 0.1) is 0 Å². The Kier molecular flexibility index (Phi) is 5.66. The lowest BCUT2D eigenvalue weighted by Crippen LogP contribution is -2.32. The maximum atomic E-state index is 2.55. The first-order valence-electron chi connectivity index (χ1n) is 9.83. The fraction of sp³-hybridized carbons (Fsp3) is 0.154. The van der Waals surface area contributed by atoms with Crippen molar-refractivity contribution in [1.82, 2.24) is 0 Å². The molecule has 0 radical (unpaired) electrons. The van der Waals surface area contributed by atoms with Gasteiger partial charge < -0.3 is 0 Å². The van der Waals surface area contributed by atoms with E-state index in [1.807, 2.05) is 0 Å². The summed E-state index contributed by atoms with van der Waals surface area (Å²) in [5.41, 5.74) is 0. The molecule has 0 spiro atoms. The van der Waals surface area contributed by atoms with E-state index in [-0.39, 0.29) is 0 Å². The van der Waals surface area contributed by atoms with Crippen LogP contribution >= 0.6 is 7.26 Å². The van der Waals surface area contributed by atoms with Crippen LogP contribution in [-0.2, 0) is 0 Å². The average Bonchev–Trinajstić information content (AvgIpc) is 2.72. The molecule has 0 aromatic heterocycles. The summed E-state index contributed by atoms with van der Waals surface area (Å²) in [5, 5.41) is 5.99. The van der Waals surface area contributed by atoms with Crippen molar-refractivity contribution in [1.29, 1.82) is 0 Å². The lowest BCUT2D eigenvalue weighted by molar-refractivity contribution is 0.948. The molecule has 0 bridgehead atoms. The maximum Gasteiger partial charge on any atom is 0.139 e. The molecule has 0 saturated heterocycles.